The molecule has 2 aromatic rings. The highest BCUT2D eigenvalue weighted by Crippen LogP contribution is 2.36. The molecule has 0 aromatic carbocycles. The zero-order chi connectivity index (χ0) is 25.1. The predicted octanol–water partition coefficient (Wildman–Crippen LogP) is 0.321. The Morgan fingerprint density at radius 2 is 2.09 bits per heavy atom. The molecule has 16 heteroatoms. The number of hydrogen-bond acceptors (Lipinski definition) is 11. The molecule has 2 amide bonds. The third kappa shape index (κ3) is 5.12. The second-order valence-electron chi connectivity index (χ2n) is 7.36. The van der Waals surface area contributed by atoms with Crippen molar-refractivity contribution in [2.24, 2.45) is 10.4 Å². The molecule has 4 heterocycles. The van der Waals surface area contributed by atoms with E-state index in [9.17, 15) is 24.3 Å². The van der Waals surface area contributed by atoms with Gasteiger partial charge in [0.25, 0.3) is 11.0 Å². The molecule has 14 nitrogen and oxygen atoms in total. The van der Waals surface area contributed by atoms with Gasteiger partial charge in [-0.3, -0.25) is 14.4 Å². The van der Waals surface area contributed by atoms with Crippen LogP contribution in [0.15, 0.2) is 46.7 Å². The normalized spacial score (nSPS) is 20.0. The lowest BCUT2D eigenvalue weighted by Crippen LogP contribution is -2.69. The average Bonchev–Trinajstić information content (AvgIpc) is 3.29. The van der Waals surface area contributed by atoms with Crippen LogP contribution in [-0.2, 0) is 25.8 Å². The molecule has 0 saturated carbocycles. The second-order valence-corrected chi connectivity index (χ2v) is 9.19. The molecule has 3 N–H and O–H groups in total. The fourth-order valence-electron chi connectivity index (χ4n) is 3.42. The molecule has 2 unspecified atom stereocenters. The highest BCUT2D eigenvalue weighted by molar-refractivity contribution is 8.00. The van der Waals surface area contributed by atoms with Crippen LogP contribution < -0.4 is 9.88 Å². The van der Waals surface area contributed by atoms with Crippen molar-refractivity contribution in [3.05, 3.63) is 47.7 Å². The minimum atomic E-state index is -1.72. The summed E-state index contributed by atoms with van der Waals surface area (Å²) in [4.78, 5) is 57.9. The van der Waals surface area contributed by atoms with E-state index in [-0.39, 0.29) is 27.8 Å². The third-order valence-corrected chi connectivity index (χ3v) is 7.06. The quantitative estimate of drug-likeness (QED) is 0.137. The number of β-lactam (4-membered cyclic amide) rings is 1. The molecule has 0 bridgehead atoms. The molecule has 2 aromatic heterocycles. The van der Waals surface area contributed by atoms with Gasteiger partial charge in [0, 0.05) is 46.5 Å². The lowest BCUT2D eigenvalue weighted by Gasteiger charge is -2.47. The van der Waals surface area contributed by atoms with Gasteiger partial charge in [0.1, 0.15) is 18.5 Å². The van der Waals surface area contributed by atoms with E-state index in [4.69, 9.17) is 5.11 Å². The van der Waals surface area contributed by atoms with Crippen LogP contribution in [0, 0.1) is 0 Å². The minimum absolute atomic E-state index is 0.0165. The van der Waals surface area contributed by atoms with E-state index in [1.54, 1.807) is 23.2 Å². The smallest absolute Gasteiger partial charge is 0.336 e. The molecule has 0 radical (unpaired) electrons. The van der Waals surface area contributed by atoms with Crippen molar-refractivity contribution in [2.45, 2.75) is 23.9 Å². The Bertz CT molecular complexity index is 1230. The molecule has 182 valence electrons. The molecule has 0 spiro atoms. The Kier molecular flexibility index (Phi) is 7.02. The summed E-state index contributed by atoms with van der Waals surface area (Å²) in [6.45, 7) is 0.458. The molecule has 2 aliphatic heterocycles. The van der Waals surface area contributed by atoms with E-state index in [2.05, 4.69) is 29.9 Å². The van der Waals surface area contributed by atoms with E-state index in [0.717, 1.165) is 17.1 Å². The standard InChI is InChI=1S/C19H17N7O7S2/c1-33-24-22-19-21-13(23-35-19)11(18(31)32)14(27)20-12-15(28)26-7-9(8-34-16(12)26)6-25-4-2-10(3-5-25)17(29)30/h2-5,7,11-12,16H,6,8H2,1H3,(H2-,20,27,29,30,31,32)/p+1/t11?,12?,16-/m1/s1. The van der Waals surface area contributed by atoms with E-state index >= 15 is 0 Å². The molecule has 3 atom stereocenters. The topological polar surface area (TPSA) is 188 Å². The summed E-state index contributed by atoms with van der Waals surface area (Å²) >= 11 is 2.18. The summed E-state index contributed by atoms with van der Waals surface area (Å²) in [7, 11) is 1.27. The number of aromatic nitrogens is 3. The van der Waals surface area contributed by atoms with Crippen molar-refractivity contribution >= 4 is 52.2 Å². The van der Waals surface area contributed by atoms with Gasteiger partial charge in [0.2, 0.25) is 5.91 Å². The molecule has 4 rings (SSSR count). The molecule has 35 heavy (non-hydrogen) atoms. The van der Waals surface area contributed by atoms with Gasteiger partial charge in [0.05, 0.1) is 5.56 Å². The van der Waals surface area contributed by atoms with Crippen LogP contribution in [0.3, 0.4) is 0 Å². The van der Waals surface area contributed by atoms with E-state index in [1.807, 2.05) is 0 Å². The van der Waals surface area contributed by atoms with Crippen molar-refractivity contribution in [1.82, 2.24) is 19.6 Å². The maximum atomic E-state index is 12.7. The first-order valence-corrected chi connectivity index (χ1v) is 11.8. The van der Waals surface area contributed by atoms with Gasteiger partial charge in [0.15, 0.2) is 30.7 Å². The summed E-state index contributed by atoms with van der Waals surface area (Å²) in [5.74, 6) is -5.18. The molecular formula is C19H18N7O7S2+. The molecule has 2 aliphatic rings. The number of carbonyl (C=O) groups excluding carboxylic acids is 2. The van der Waals surface area contributed by atoms with Crippen LogP contribution in [0.4, 0.5) is 5.13 Å². The minimum Gasteiger partial charge on any atom is -0.480 e. The van der Waals surface area contributed by atoms with Gasteiger partial charge >= 0.3 is 11.9 Å². The predicted molar refractivity (Wildman–Crippen MR) is 119 cm³/mol. The number of thioether (sulfide) groups is 1. The largest absolute Gasteiger partial charge is 0.480 e. The van der Waals surface area contributed by atoms with Crippen LogP contribution >= 0.6 is 23.3 Å². The Hall–Kier alpha value is -3.92. The first-order valence-electron chi connectivity index (χ1n) is 9.95. The Morgan fingerprint density at radius 3 is 2.74 bits per heavy atom. The van der Waals surface area contributed by atoms with Crippen molar-refractivity contribution in [2.75, 3.05) is 12.9 Å². The number of rotatable bonds is 9. The van der Waals surface area contributed by atoms with Gasteiger partial charge in [-0.15, -0.1) is 11.8 Å². The first-order chi connectivity index (χ1) is 16.8. The summed E-state index contributed by atoms with van der Waals surface area (Å²) in [6, 6.07) is 2.09. The van der Waals surface area contributed by atoms with Crippen LogP contribution in [-0.4, -0.2) is 72.5 Å². The van der Waals surface area contributed by atoms with Crippen molar-refractivity contribution in [1.29, 1.82) is 0 Å². The maximum absolute atomic E-state index is 12.7. The number of nitrogens with one attached hydrogen (secondary N) is 1. The van der Waals surface area contributed by atoms with Gasteiger partial charge in [-0.25, -0.2) is 9.36 Å². The van der Waals surface area contributed by atoms with Crippen LogP contribution in [0.5, 0.6) is 0 Å². The Morgan fingerprint density at radius 1 is 1.34 bits per heavy atom. The van der Waals surface area contributed by atoms with Crippen molar-refractivity contribution < 1.29 is 38.8 Å². The highest BCUT2D eigenvalue weighted by atomic mass is 32.2. The number of hydrogen-bond donors (Lipinski definition) is 3. The fourth-order valence-corrected chi connectivity index (χ4v) is 5.20. The van der Waals surface area contributed by atoms with Crippen LogP contribution in [0.25, 0.3) is 0 Å². The Labute approximate surface area is 205 Å². The second kappa shape index (κ2) is 10.1. The van der Waals surface area contributed by atoms with Crippen LogP contribution in [0.2, 0.25) is 0 Å². The van der Waals surface area contributed by atoms with Gasteiger partial charge in [-0.2, -0.15) is 9.36 Å². The SMILES string of the molecule is CON=Nc1nc(C(C(=O)O)C(=O)NC2C(=O)N3C=C(C[n+]4ccc(C(=O)O)cc4)CS[C@H]23)ns1. The van der Waals surface area contributed by atoms with Crippen molar-refractivity contribution in [3.8, 4) is 0 Å². The number of amides is 2. The lowest BCUT2D eigenvalue weighted by molar-refractivity contribution is -0.689. The van der Waals surface area contributed by atoms with E-state index < -0.39 is 29.8 Å². The summed E-state index contributed by atoms with van der Waals surface area (Å²) < 4.78 is 5.66. The average molecular weight is 521 g/mol. The van der Waals surface area contributed by atoms with Gasteiger partial charge < -0.3 is 25.3 Å². The molecule has 1 saturated heterocycles. The summed E-state index contributed by atoms with van der Waals surface area (Å²) in [5.41, 5.74) is 1.10. The zero-order valence-electron chi connectivity index (χ0n) is 18.0. The Balaban J connectivity index is 1.40. The van der Waals surface area contributed by atoms with Crippen LogP contribution in [0.1, 0.15) is 22.1 Å². The number of aromatic carboxylic acids is 1. The maximum Gasteiger partial charge on any atom is 0.336 e. The summed E-state index contributed by atoms with van der Waals surface area (Å²) in [5, 5.41) is 27.5. The molecular weight excluding hydrogens is 502 g/mol. The molecule has 1 fully saturated rings. The van der Waals surface area contributed by atoms with E-state index in [0.29, 0.717) is 12.3 Å². The monoisotopic (exact) mass is 520 g/mol. The number of pyridine rings is 1. The van der Waals surface area contributed by atoms with Gasteiger partial charge in [-0.1, -0.05) is 5.11 Å². The first kappa shape index (κ1) is 24.2. The van der Waals surface area contributed by atoms with E-state index in [1.165, 1.54) is 35.9 Å². The number of carboxylic acid groups (broad SMARTS) is 2. The zero-order valence-corrected chi connectivity index (χ0v) is 19.6. The fraction of sp³-hybridized carbons (Fsp3) is 0.316. The number of carboxylic acids is 2. The number of aliphatic carboxylic acids is 1. The van der Waals surface area contributed by atoms with Crippen molar-refractivity contribution in [3.63, 3.8) is 0 Å². The number of nitrogens with zero attached hydrogens (tertiary/aromatic N) is 6. The number of carbonyl (C=O) groups is 4. The molecule has 0 aliphatic carbocycles. The van der Waals surface area contributed by atoms with Gasteiger partial charge in [-0.05, 0) is 0 Å². The highest BCUT2D eigenvalue weighted by Gasteiger charge is 2.50. The lowest BCUT2D eigenvalue weighted by atomic mass is 10.0. The third-order valence-electron chi connectivity index (χ3n) is 5.07. The number of fused-ring (bicyclic) bond motifs is 1. The summed E-state index contributed by atoms with van der Waals surface area (Å²) in [6.07, 6.45) is 4.99.